The van der Waals surface area contributed by atoms with Crippen molar-refractivity contribution in [2.24, 2.45) is 5.10 Å². The fourth-order valence-corrected chi connectivity index (χ4v) is 4.61. The molecule has 8 nitrogen and oxygen atoms in total. The molecule has 3 aromatic rings. The highest BCUT2D eigenvalue weighted by molar-refractivity contribution is 9.11. The molecule has 0 aromatic heterocycles. The van der Waals surface area contributed by atoms with Crippen molar-refractivity contribution in [1.82, 2.24) is 5.43 Å². The van der Waals surface area contributed by atoms with Crippen LogP contribution in [-0.2, 0) is 4.79 Å². The predicted octanol–water partition coefficient (Wildman–Crippen LogP) is 5.87. The molecule has 3 aromatic carbocycles. The van der Waals surface area contributed by atoms with E-state index in [1.165, 1.54) is 13.3 Å². The molecular weight excluding hydrogens is 606 g/mol. The summed E-state index contributed by atoms with van der Waals surface area (Å²) in [5.74, 6) is 0.699. The van der Waals surface area contributed by atoms with Crippen LogP contribution in [0.15, 0.2) is 81.3 Å². The molecule has 0 aliphatic rings. The van der Waals surface area contributed by atoms with Gasteiger partial charge >= 0.3 is 0 Å². The van der Waals surface area contributed by atoms with Gasteiger partial charge in [0.15, 0.2) is 18.1 Å². The highest BCUT2D eigenvalue weighted by Gasteiger charge is 2.13. The summed E-state index contributed by atoms with van der Waals surface area (Å²) in [4.78, 5) is 24.8. The van der Waals surface area contributed by atoms with Crippen molar-refractivity contribution in [2.75, 3.05) is 25.6 Å². The zero-order chi connectivity index (χ0) is 26.8. The lowest BCUT2D eigenvalue weighted by atomic mass is 10.2. The summed E-state index contributed by atoms with van der Waals surface area (Å²) in [6.45, 7) is 5.71. The van der Waals surface area contributed by atoms with Crippen LogP contribution in [0.1, 0.15) is 21.5 Å². The number of methoxy groups -OCH3 is 1. The number of anilines is 1. The molecule has 192 valence electrons. The van der Waals surface area contributed by atoms with Crippen LogP contribution < -0.4 is 25.0 Å². The average molecular weight is 631 g/mol. The summed E-state index contributed by atoms with van der Waals surface area (Å²) in [5, 5.41) is 6.83. The van der Waals surface area contributed by atoms with Crippen LogP contribution in [0, 0.1) is 6.92 Å². The van der Waals surface area contributed by atoms with Gasteiger partial charge in [-0.3, -0.25) is 9.59 Å². The fraction of sp³-hybridized carbons (Fsp3) is 0.148. The molecule has 37 heavy (non-hydrogen) atoms. The standard InChI is InChI=1S/C27H25Br2N3O5/c1-4-10-36-23-9-8-19(14-24(23)35-3)27(34)32-30-15-18-12-21(28)26(22(29)13-18)37-16-25(33)31-20-7-5-6-17(2)11-20/h4-9,11-15H,1,10,16H2,2-3H3,(H,31,33)(H,32,34)/b30-15+. The second-order valence-electron chi connectivity index (χ2n) is 7.68. The van der Waals surface area contributed by atoms with Crippen molar-refractivity contribution >= 4 is 55.6 Å². The number of ether oxygens (including phenoxy) is 3. The van der Waals surface area contributed by atoms with Gasteiger partial charge in [0.1, 0.15) is 12.4 Å². The maximum absolute atomic E-state index is 12.5. The van der Waals surface area contributed by atoms with E-state index in [4.69, 9.17) is 14.2 Å². The van der Waals surface area contributed by atoms with E-state index in [0.717, 1.165) is 5.56 Å². The molecule has 0 spiro atoms. The van der Waals surface area contributed by atoms with E-state index in [-0.39, 0.29) is 12.5 Å². The Hall–Kier alpha value is -3.63. The smallest absolute Gasteiger partial charge is 0.271 e. The van der Waals surface area contributed by atoms with Gasteiger partial charge in [0.25, 0.3) is 11.8 Å². The SMILES string of the molecule is C=CCOc1ccc(C(=O)N/N=C/c2cc(Br)c(OCC(=O)Nc3cccc(C)c3)c(Br)c2)cc1OC. The van der Waals surface area contributed by atoms with Gasteiger partial charge in [0.2, 0.25) is 0 Å². The summed E-state index contributed by atoms with van der Waals surface area (Å²) in [7, 11) is 1.50. The van der Waals surface area contributed by atoms with Gasteiger partial charge in [-0.2, -0.15) is 5.10 Å². The first-order chi connectivity index (χ1) is 17.8. The van der Waals surface area contributed by atoms with Crippen molar-refractivity contribution in [3.63, 3.8) is 0 Å². The van der Waals surface area contributed by atoms with Gasteiger partial charge in [-0.1, -0.05) is 24.8 Å². The van der Waals surface area contributed by atoms with E-state index < -0.39 is 5.91 Å². The highest BCUT2D eigenvalue weighted by atomic mass is 79.9. The van der Waals surface area contributed by atoms with Crippen LogP contribution >= 0.6 is 31.9 Å². The minimum absolute atomic E-state index is 0.171. The third-order valence-electron chi connectivity index (χ3n) is 4.83. The van der Waals surface area contributed by atoms with E-state index in [1.807, 2.05) is 31.2 Å². The van der Waals surface area contributed by atoms with Crippen LogP contribution in [-0.4, -0.2) is 38.4 Å². The van der Waals surface area contributed by atoms with E-state index in [1.54, 1.807) is 36.4 Å². The predicted molar refractivity (Wildman–Crippen MR) is 151 cm³/mol. The Morgan fingerprint density at radius 2 is 1.78 bits per heavy atom. The van der Waals surface area contributed by atoms with Gasteiger partial charge in [-0.25, -0.2) is 5.43 Å². The lowest BCUT2D eigenvalue weighted by Crippen LogP contribution is -2.20. The Labute approximate surface area is 232 Å². The van der Waals surface area contributed by atoms with Crippen LogP contribution in [0.25, 0.3) is 0 Å². The zero-order valence-electron chi connectivity index (χ0n) is 20.2. The molecule has 0 saturated carbocycles. The molecule has 0 radical (unpaired) electrons. The minimum Gasteiger partial charge on any atom is -0.493 e. The van der Waals surface area contributed by atoms with Crippen LogP contribution in [0.5, 0.6) is 17.2 Å². The maximum Gasteiger partial charge on any atom is 0.271 e. The van der Waals surface area contributed by atoms with Gasteiger partial charge < -0.3 is 19.5 Å². The summed E-state index contributed by atoms with van der Waals surface area (Å²) in [5.41, 5.74) is 5.27. The molecule has 0 aliphatic carbocycles. The number of carbonyl (C=O) groups excluding carboxylic acids is 2. The lowest BCUT2D eigenvalue weighted by Gasteiger charge is -2.12. The lowest BCUT2D eigenvalue weighted by molar-refractivity contribution is -0.118. The molecule has 0 atom stereocenters. The van der Waals surface area contributed by atoms with Crippen LogP contribution in [0.4, 0.5) is 5.69 Å². The second kappa shape index (κ2) is 13.6. The molecule has 0 fully saturated rings. The van der Waals surface area contributed by atoms with E-state index in [2.05, 4.69) is 54.3 Å². The van der Waals surface area contributed by atoms with E-state index >= 15 is 0 Å². The normalized spacial score (nSPS) is 10.6. The molecule has 10 heteroatoms. The van der Waals surface area contributed by atoms with Gasteiger partial charge in [0.05, 0.1) is 22.3 Å². The number of nitrogens with one attached hydrogen (secondary N) is 2. The number of aryl methyl sites for hydroxylation is 1. The number of benzene rings is 3. The number of halogens is 2. The van der Waals surface area contributed by atoms with Crippen molar-refractivity contribution in [3.8, 4) is 17.2 Å². The molecular formula is C27H25Br2N3O5. The van der Waals surface area contributed by atoms with E-state index in [0.29, 0.717) is 49.6 Å². The molecule has 0 aliphatic heterocycles. The first kappa shape index (κ1) is 27.9. The van der Waals surface area contributed by atoms with Crippen molar-refractivity contribution in [2.45, 2.75) is 6.92 Å². The first-order valence-electron chi connectivity index (χ1n) is 11.0. The molecule has 2 amide bonds. The number of amides is 2. The third-order valence-corrected chi connectivity index (χ3v) is 6.01. The van der Waals surface area contributed by atoms with Crippen molar-refractivity contribution in [1.29, 1.82) is 0 Å². The zero-order valence-corrected chi connectivity index (χ0v) is 23.4. The second-order valence-corrected chi connectivity index (χ2v) is 9.39. The number of nitrogens with zero attached hydrogens (tertiary/aromatic N) is 1. The monoisotopic (exact) mass is 629 g/mol. The number of hydrogen-bond donors (Lipinski definition) is 2. The molecule has 0 heterocycles. The molecule has 0 saturated heterocycles. The number of hydrazone groups is 1. The minimum atomic E-state index is -0.414. The summed E-state index contributed by atoms with van der Waals surface area (Å²) in [6, 6.07) is 15.8. The summed E-state index contributed by atoms with van der Waals surface area (Å²) in [6.07, 6.45) is 3.11. The summed E-state index contributed by atoms with van der Waals surface area (Å²) < 4.78 is 17.7. The van der Waals surface area contributed by atoms with Gasteiger partial charge in [-0.15, -0.1) is 0 Å². The number of carbonyl (C=O) groups is 2. The van der Waals surface area contributed by atoms with Crippen molar-refractivity contribution in [3.05, 3.63) is 92.9 Å². The summed E-state index contributed by atoms with van der Waals surface area (Å²) >= 11 is 6.91. The highest BCUT2D eigenvalue weighted by Crippen LogP contribution is 2.34. The fourth-order valence-electron chi connectivity index (χ4n) is 3.16. The molecule has 0 bridgehead atoms. The largest absolute Gasteiger partial charge is 0.493 e. The average Bonchev–Trinajstić information content (AvgIpc) is 2.86. The topological polar surface area (TPSA) is 98.3 Å². The van der Waals surface area contributed by atoms with E-state index in [9.17, 15) is 9.59 Å². The van der Waals surface area contributed by atoms with Gasteiger partial charge in [-0.05, 0) is 92.4 Å². The van der Waals surface area contributed by atoms with Crippen LogP contribution in [0.3, 0.4) is 0 Å². The maximum atomic E-state index is 12.5. The Kier molecular flexibility index (Phi) is 10.3. The quantitative estimate of drug-likeness (QED) is 0.157. The third kappa shape index (κ3) is 8.19. The first-order valence-corrected chi connectivity index (χ1v) is 12.6. The number of rotatable bonds is 11. The Balaban J connectivity index is 1.59. The Morgan fingerprint density at radius 1 is 1.03 bits per heavy atom. The van der Waals surface area contributed by atoms with Gasteiger partial charge in [0, 0.05) is 11.3 Å². The van der Waals surface area contributed by atoms with Crippen LogP contribution in [0.2, 0.25) is 0 Å². The molecule has 3 rings (SSSR count). The molecule has 0 unspecified atom stereocenters. The Morgan fingerprint density at radius 3 is 2.46 bits per heavy atom. The number of hydrogen-bond acceptors (Lipinski definition) is 6. The van der Waals surface area contributed by atoms with Crippen molar-refractivity contribution < 1.29 is 23.8 Å². The Bertz CT molecular complexity index is 1300. The molecule has 2 N–H and O–H groups in total.